The maximum absolute atomic E-state index is 13.0. The van der Waals surface area contributed by atoms with Gasteiger partial charge in [0.15, 0.2) is 0 Å². The Hall–Kier alpha value is -3.17. The van der Waals surface area contributed by atoms with Crippen LogP contribution in [0.2, 0.25) is 0 Å². The van der Waals surface area contributed by atoms with Gasteiger partial charge in [-0.3, -0.25) is 14.4 Å². The lowest BCUT2D eigenvalue weighted by molar-refractivity contribution is -0.130. The molecule has 8 nitrogen and oxygen atoms in total. The monoisotopic (exact) mass is 479 g/mol. The highest BCUT2D eigenvalue weighted by atomic mass is 16.7. The summed E-state index contributed by atoms with van der Waals surface area (Å²) in [4.78, 5) is 36.8. The number of amides is 3. The van der Waals surface area contributed by atoms with Crippen molar-refractivity contribution in [3.05, 3.63) is 65.7 Å². The third-order valence-electron chi connectivity index (χ3n) is 6.58. The smallest absolute Gasteiger partial charge is 0.399 e. The molecule has 1 heterocycles. The lowest BCUT2D eigenvalue weighted by atomic mass is 9.78. The third-order valence-corrected chi connectivity index (χ3v) is 6.58. The number of carbonyl (C=O) groups excluding carboxylic acids is 3. The first-order chi connectivity index (χ1) is 16.4. The summed E-state index contributed by atoms with van der Waals surface area (Å²) in [5.41, 5.74) is 7.27. The molecule has 1 saturated heterocycles. The van der Waals surface area contributed by atoms with E-state index in [9.17, 15) is 14.4 Å². The highest BCUT2D eigenvalue weighted by Gasteiger charge is 2.51. The van der Waals surface area contributed by atoms with E-state index < -0.39 is 42.2 Å². The Labute approximate surface area is 207 Å². The lowest BCUT2D eigenvalue weighted by Gasteiger charge is -2.32. The van der Waals surface area contributed by atoms with Crippen molar-refractivity contribution in [1.29, 1.82) is 0 Å². The average molecular weight is 479 g/mol. The van der Waals surface area contributed by atoms with Crippen molar-refractivity contribution in [2.24, 2.45) is 5.73 Å². The minimum absolute atomic E-state index is 0.211. The van der Waals surface area contributed by atoms with Gasteiger partial charge in [-0.1, -0.05) is 54.6 Å². The third kappa shape index (κ3) is 6.71. The molecule has 0 aliphatic carbocycles. The van der Waals surface area contributed by atoms with E-state index in [1.54, 1.807) is 0 Å². The first kappa shape index (κ1) is 26.4. The number of hydrogen-bond donors (Lipinski definition) is 3. The first-order valence-electron chi connectivity index (χ1n) is 11.7. The molecule has 4 N–H and O–H groups in total. The van der Waals surface area contributed by atoms with Crippen LogP contribution in [-0.4, -0.2) is 48.1 Å². The van der Waals surface area contributed by atoms with Gasteiger partial charge in [0.05, 0.1) is 11.2 Å². The summed E-state index contributed by atoms with van der Waals surface area (Å²) in [6, 6.07) is 15.0. The lowest BCUT2D eigenvalue weighted by Crippen LogP contribution is -2.54. The van der Waals surface area contributed by atoms with Gasteiger partial charge < -0.3 is 25.7 Å². The molecule has 0 unspecified atom stereocenters. The molecule has 9 heteroatoms. The van der Waals surface area contributed by atoms with Gasteiger partial charge in [0.2, 0.25) is 17.7 Å². The molecule has 0 bridgehead atoms. The number of carbonyl (C=O) groups is 3. The second-order valence-electron chi connectivity index (χ2n) is 9.94. The van der Waals surface area contributed by atoms with Gasteiger partial charge in [0.1, 0.15) is 12.1 Å². The summed E-state index contributed by atoms with van der Waals surface area (Å²) in [5.74, 6) is -1.47. The van der Waals surface area contributed by atoms with Crippen LogP contribution in [0.1, 0.15) is 45.7 Å². The molecule has 0 aromatic heterocycles. The van der Waals surface area contributed by atoms with Crippen LogP contribution in [-0.2, 0) is 36.5 Å². The predicted octanol–water partition coefficient (Wildman–Crippen LogP) is 1.25. The molecule has 2 aromatic rings. The molecule has 2 atom stereocenters. The van der Waals surface area contributed by atoms with Crippen LogP contribution in [0.4, 0.5) is 0 Å². The quantitative estimate of drug-likeness (QED) is 0.468. The second-order valence-corrected chi connectivity index (χ2v) is 9.94. The van der Waals surface area contributed by atoms with Crippen LogP contribution >= 0.6 is 0 Å². The van der Waals surface area contributed by atoms with Gasteiger partial charge in [-0.2, -0.15) is 0 Å². The molecule has 0 saturated carbocycles. The van der Waals surface area contributed by atoms with E-state index in [-0.39, 0.29) is 12.3 Å². The zero-order valence-corrected chi connectivity index (χ0v) is 21.0. The summed E-state index contributed by atoms with van der Waals surface area (Å²) in [6.45, 7) is 9.32. The maximum Gasteiger partial charge on any atom is 0.494 e. The van der Waals surface area contributed by atoms with Crippen molar-refractivity contribution in [3.8, 4) is 0 Å². The van der Waals surface area contributed by atoms with Crippen LogP contribution in [0.15, 0.2) is 54.6 Å². The Bertz CT molecular complexity index is 1040. The highest BCUT2D eigenvalue weighted by Crippen LogP contribution is 2.36. The van der Waals surface area contributed by atoms with Gasteiger partial charge in [-0.15, -0.1) is 0 Å². The van der Waals surface area contributed by atoms with Crippen LogP contribution < -0.4 is 21.8 Å². The molecular formula is C26H34BN3O5. The largest absolute Gasteiger partial charge is 0.494 e. The fraction of sp³-hybridized carbons (Fsp3) is 0.423. The van der Waals surface area contributed by atoms with Crippen molar-refractivity contribution in [2.75, 3.05) is 0 Å². The summed E-state index contributed by atoms with van der Waals surface area (Å²) in [6.07, 6.45) is 0.503. The number of benzene rings is 2. The van der Waals surface area contributed by atoms with E-state index in [0.717, 1.165) is 16.6 Å². The van der Waals surface area contributed by atoms with E-state index >= 15 is 0 Å². The summed E-state index contributed by atoms with van der Waals surface area (Å²) < 4.78 is 12.2. The van der Waals surface area contributed by atoms with Gasteiger partial charge >= 0.3 is 7.12 Å². The predicted molar refractivity (Wildman–Crippen MR) is 135 cm³/mol. The molecule has 1 fully saturated rings. The van der Waals surface area contributed by atoms with Gasteiger partial charge in [0, 0.05) is 19.8 Å². The molecule has 1 aliphatic heterocycles. The SMILES string of the molecule is CC(=O)N[C@@H](Cc1ccccc1)C(=O)N[C@H](Cc1ccc(B2OC(C)(C)C(C)(C)O2)cc1)C(N)=O. The molecule has 0 spiro atoms. The van der Waals surface area contributed by atoms with Crippen molar-refractivity contribution >= 4 is 30.3 Å². The van der Waals surface area contributed by atoms with Crippen LogP contribution in [0, 0.1) is 0 Å². The molecular weight excluding hydrogens is 445 g/mol. The van der Waals surface area contributed by atoms with Crippen molar-refractivity contribution in [1.82, 2.24) is 10.6 Å². The van der Waals surface area contributed by atoms with Crippen molar-refractivity contribution < 1.29 is 23.7 Å². The van der Waals surface area contributed by atoms with Crippen LogP contribution in [0.3, 0.4) is 0 Å². The maximum atomic E-state index is 13.0. The van der Waals surface area contributed by atoms with Crippen molar-refractivity contribution in [2.45, 2.75) is 70.7 Å². The minimum atomic E-state index is -0.933. The Balaban J connectivity index is 1.67. The minimum Gasteiger partial charge on any atom is -0.399 e. The van der Waals surface area contributed by atoms with E-state index in [1.807, 2.05) is 82.3 Å². The molecule has 2 aromatic carbocycles. The normalized spacial score (nSPS) is 17.9. The number of nitrogens with two attached hydrogens (primary N) is 1. The van der Waals surface area contributed by atoms with E-state index in [2.05, 4.69) is 10.6 Å². The van der Waals surface area contributed by atoms with Crippen LogP contribution in [0.25, 0.3) is 0 Å². The molecule has 0 radical (unpaired) electrons. The van der Waals surface area contributed by atoms with E-state index in [0.29, 0.717) is 6.42 Å². The Kier molecular flexibility index (Phi) is 8.02. The topological polar surface area (TPSA) is 120 Å². The average Bonchev–Trinajstić information content (AvgIpc) is 3.00. The van der Waals surface area contributed by atoms with Gasteiger partial charge in [0.25, 0.3) is 0 Å². The number of nitrogens with one attached hydrogen (secondary N) is 2. The highest BCUT2D eigenvalue weighted by molar-refractivity contribution is 6.62. The van der Waals surface area contributed by atoms with Gasteiger partial charge in [-0.25, -0.2) is 0 Å². The Morgan fingerprint density at radius 1 is 0.829 bits per heavy atom. The standard InChI is InChI=1S/C26H34BN3O5/c1-17(31)29-22(16-18-9-7-6-8-10-18)24(33)30-21(23(28)32)15-19-11-13-20(14-12-19)27-34-25(2,3)26(4,5)35-27/h6-14,21-22H,15-16H2,1-5H3,(H2,28,32)(H,29,31)(H,30,33)/t21-,22+/m1/s1. The number of rotatable bonds is 9. The fourth-order valence-electron chi connectivity index (χ4n) is 3.83. The Morgan fingerprint density at radius 2 is 1.34 bits per heavy atom. The molecule has 3 amide bonds. The Morgan fingerprint density at radius 3 is 1.86 bits per heavy atom. The summed E-state index contributed by atoms with van der Waals surface area (Å²) in [5, 5.41) is 5.36. The molecule has 1 aliphatic rings. The van der Waals surface area contributed by atoms with E-state index in [1.165, 1.54) is 6.92 Å². The number of hydrogen-bond acceptors (Lipinski definition) is 5. The summed E-state index contributed by atoms with van der Waals surface area (Å²) >= 11 is 0. The van der Waals surface area contributed by atoms with Gasteiger partial charge in [-0.05, 0) is 44.3 Å². The van der Waals surface area contributed by atoms with E-state index in [4.69, 9.17) is 15.0 Å². The van der Waals surface area contributed by atoms with Crippen LogP contribution in [0.5, 0.6) is 0 Å². The molecule has 3 rings (SSSR count). The number of primary amides is 1. The fourth-order valence-corrected chi connectivity index (χ4v) is 3.83. The molecule has 35 heavy (non-hydrogen) atoms. The molecule has 186 valence electrons. The van der Waals surface area contributed by atoms with Crippen molar-refractivity contribution in [3.63, 3.8) is 0 Å². The second kappa shape index (κ2) is 10.6. The zero-order chi connectivity index (χ0) is 25.8. The summed E-state index contributed by atoms with van der Waals surface area (Å²) in [7, 11) is -0.489. The first-order valence-corrected chi connectivity index (χ1v) is 11.7. The zero-order valence-electron chi connectivity index (χ0n) is 21.0.